The molecule has 0 bridgehead atoms. The van der Waals surface area contributed by atoms with E-state index in [1.165, 1.54) is 0 Å². The predicted molar refractivity (Wildman–Crippen MR) is 106 cm³/mol. The van der Waals surface area contributed by atoms with E-state index < -0.39 is 26.1 Å². The Bertz CT molecular complexity index is 1120. The topological polar surface area (TPSA) is 90.0 Å². The Morgan fingerprint density at radius 1 is 1.06 bits per heavy atom. The summed E-state index contributed by atoms with van der Waals surface area (Å²) in [5.74, 6) is -0.981. The second kappa shape index (κ2) is 7.05. The van der Waals surface area contributed by atoms with E-state index in [2.05, 4.69) is 5.32 Å². The number of carbonyl (C=O) groups excluding carboxylic acids is 2. The second-order valence-electron chi connectivity index (χ2n) is 9.67. The molecule has 4 fully saturated rings. The van der Waals surface area contributed by atoms with Gasteiger partial charge in [0, 0.05) is 63.2 Å². The van der Waals surface area contributed by atoms with Crippen molar-refractivity contribution in [2.75, 3.05) is 39.3 Å². The number of nitrogens with one attached hydrogen (secondary N) is 1. The van der Waals surface area contributed by atoms with Crippen molar-refractivity contribution in [3.63, 3.8) is 0 Å². The minimum absolute atomic E-state index is 0.0209. The molecule has 0 saturated carbocycles. The number of likely N-dealkylation sites (tertiary alicyclic amines) is 3. The molecule has 8 nitrogen and oxygen atoms in total. The summed E-state index contributed by atoms with van der Waals surface area (Å²) in [5, 5.41) is 2.94. The highest BCUT2D eigenvalue weighted by Crippen LogP contribution is 2.42. The number of benzene rings is 1. The number of urea groups is 1. The zero-order valence-electron chi connectivity index (χ0n) is 17.5. The number of hydrogen-bond donors (Lipinski definition) is 1. The van der Waals surface area contributed by atoms with Gasteiger partial charge in [-0.25, -0.2) is 17.6 Å². The maximum atomic E-state index is 14.3. The monoisotopic (exact) mass is 490 g/mol. The summed E-state index contributed by atoms with van der Waals surface area (Å²) in [6.07, 6.45) is 1.24. The van der Waals surface area contributed by atoms with E-state index in [1.54, 1.807) is 9.80 Å². The number of amides is 3. The normalized spacial score (nSPS) is 23.8. The third kappa shape index (κ3) is 3.65. The van der Waals surface area contributed by atoms with Crippen LogP contribution in [0.25, 0.3) is 0 Å². The highest BCUT2D eigenvalue weighted by molar-refractivity contribution is 7.92. The predicted octanol–water partition coefficient (Wildman–Crippen LogP) is 1.32. The average molecular weight is 490 g/mol. The molecule has 4 aliphatic heterocycles. The maximum Gasteiger partial charge on any atom is 0.501 e. The number of halogens is 4. The Balaban J connectivity index is 1.11. The summed E-state index contributed by atoms with van der Waals surface area (Å²) < 4.78 is 75.1. The second-order valence-corrected chi connectivity index (χ2v) is 11.6. The number of alkyl halides is 3. The van der Waals surface area contributed by atoms with E-state index in [1.807, 2.05) is 4.90 Å². The van der Waals surface area contributed by atoms with Crippen LogP contribution in [-0.2, 0) is 21.2 Å². The Hall–Kier alpha value is -2.41. The van der Waals surface area contributed by atoms with Crippen LogP contribution in [0.3, 0.4) is 0 Å². The summed E-state index contributed by atoms with van der Waals surface area (Å²) >= 11 is 0. The van der Waals surface area contributed by atoms with Crippen molar-refractivity contribution in [1.29, 1.82) is 0 Å². The fourth-order valence-corrected chi connectivity index (χ4v) is 6.11. The van der Waals surface area contributed by atoms with Crippen LogP contribution in [0.4, 0.5) is 22.4 Å². The lowest BCUT2D eigenvalue weighted by Gasteiger charge is -2.61. The zero-order valence-corrected chi connectivity index (χ0v) is 18.3. The Kier molecular flexibility index (Phi) is 4.78. The quantitative estimate of drug-likeness (QED) is 0.646. The van der Waals surface area contributed by atoms with Crippen LogP contribution in [0.2, 0.25) is 0 Å². The lowest BCUT2D eigenvalue weighted by molar-refractivity contribution is -0.121. The molecule has 0 aliphatic carbocycles. The van der Waals surface area contributed by atoms with Crippen LogP contribution in [0.5, 0.6) is 0 Å². The van der Waals surface area contributed by atoms with E-state index in [0.29, 0.717) is 51.8 Å². The van der Waals surface area contributed by atoms with E-state index in [-0.39, 0.29) is 35.0 Å². The molecule has 0 atom stereocenters. The SMILES string of the molecule is O=C1CCC2(CN(C(=O)N3CC4(CN(Cc5ccc(S(=O)(=O)C(F)(F)F)cc5F)C4)C3)C2)N1. The maximum absolute atomic E-state index is 14.3. The van der Waals surface area contributed by atoms with Gasteiger partial charge < -0.3 is 15.1 Å². The molecule has 2 spiro atoms. The summed E-state index contributed by atoms with van der Waals surface area (Å²) in [5.41, 5.74) is -5.71. The highest BCUT2D eigenvalue weighted by atomic mass is 32.2. The van der Waals surface area contributed by atoms with Gasteiger partial charge in [-0.1, -0.05) is 6.07 Å². The molecule has 33 heavy (non-hydrogen) atoms. The van der Waals surface area contributed by atoms with Gasteiger partial charge in [-0.15, -0.1) is 0 Å². The van der Waals surface area contributed by atoms with Gasteiger partial charge in [0.05, 0.1) is 10.4 Å². The first-order valence-corrected chi connectivity index (χ1v) is 12.0. The van der Waals surface area contributed by atoms with Crippen LogP contribution in [0, 0.1) is 11.2 Å². The molecule has 3 amide bonds. The molecule has 5 rings (SSSR count). The molecule has 0 radical (unpaired) electrons. The van der Waals surface area contributed by atoms with Crippen LogP contribution >= 0.6 is 0 Å². The molecule has 0 unspecified atom stereocenters. The van der Waals surface area contributed by atoms with Crippen LogP contribution in [0.15, 0.2) is 23.1 Å². The summed E-state index contributed by atoms with van der Waals surface area (Å²) in [6, 6.07) is 2.19. The number of carbonyl (C=O) groups is 2. The van der Waals surface area contributed by atoms with E-state index in [4.69, 9.17) is 0 Å². The van der Waals surface area contributed by atoms with Gasteiger partial charge in [-0.2, -0.15) is 13.2 Å². The fraction of sp³-hybridized carbons (Fsp3) is 0.600. The zero-order chi connectivity index (χ0) is 23.8. The summed E-state index contributed by atoms with van der Waals surface area (Å²) in [7, 11) is -5.59. The number of sulfone groups is 1. The average Bonchev–Trinajstić information content (AvgIpc) is 3.03. The highest BCUT2D eigenvalue weighted by Gasteiger charge is 2.56. The molecule has 1 N–H and O–H groups in total. The number of hydrogen-bond acceptors (Lipinski definition) is 5. The Labute approximate surface area is 187 Å². The molecule has 180 valence electrons. The first kappa shape index (κ1) is 22.4. The third-order valence-corrected chi connectivity index (χ3v) is 8.45. The van der Waals surface area contributed by atoms with Crippen molar-refractivity contribution in [3.05, 3.63) is 29.6 Å². The number of nitrogens with zero attached hydrogens (tertiary/aromatic N) is 3. The third-order valence-electron chi connectivity index (χ3n) is 6.97. The molecular formula is C20H22F4N4O4S. The molecule has 4 heterocycles. The van der Waals surface area contributed by atoms with Crippen molar-refractivity contribution in [2.45, 2.75) is 35.3 Å². The van der Waals surface area contributed by atoms with Crippen LogP contribution in [-0.4, -0.2) is 85.4 Å². The van der Waals surface area contributed by atoms with Gasteiger partial charge in [0.25, 0.3) is 9.84 Å². The first-order valence-electron chi connectivity index (χ1n) is 10.5. The molecule has 13 heteroatoms. The molecule has 4 aliphatic rings. The van der Waals surface area contributed by atoms with E-state index in [0.717, 1.165) is 18.6 Å². The Morgan fingerprint density at radius 2 is 1.70 bits per heavy atom. The van der Waals surface area contributed by atoms with Crippen molar-refractivity contribution in [1.82, 2.24) is 20.0 Å². The van der Waals surface area contributed by atoms with Gasteiger partial charge in [0.15, 0.2) is 0 Å². The fourth-order valence-electron chi connectivity index (χ4n) is 5.34. The van der Waals surface area contributed by atoms with Crippen molar-refractivity contribution in [3.8, 4) is 0 Å². The van der Waals surface area contributed by atoms with Gasteiger partial charge in [-0.05, 0) is 18.6 Å². The molecule has 1 aromatic carbocycles. The van der Waals surface area contributed by atoms with Crippen molar-refractivity contribution in [2.24, 2.45) is 5.41 Å². The minimum Gasteiger partial charge on any atom is -0.347 e. The van der Waals surface area contributed by atoms with Crippen molar-refractivity contribution >= 4 is 21.8 Å². The van der Waals surface area contributed by atoms with Gasteiger partial charge >= 0.3 is 11.5 Å². The molecule has 0 aromatic heterocycles. The lowest BCUT2D eigenvalue weighted by Crippen LogP contribution is -2.76. The van der Waals surface area contributed by atoms with E-state index >= 15 is 0 Å². The number of rotatable bonds is 3. The summed E-state index contributed by atoms with van der Waals surface area (Å²) in [4.78, 5) is 28.3. The van der Waals surface area contributed by atoms with Crippen LogP contribution < -0.4 is 5.32 Å². The molecular weight excluding hydrogens is 468 g/mol. The van der Waals surface area contributed by atoms with Crippen LogP contribution in [0.1, 0.15) is 18.4 Å². The summed E-state index contributed by atoms with van der Waals surface area (Å²) in [6.45, 7) is 3.55. The smallest absolute Gasteiger partial charge is 0.347 e. The molecule has 4 saturated heterocycles. The van der Waals surface area contributed by atoms with Gasteiger partial charge in [0.2, 0.25) is 5.91 Å². The first-order chi connectivity index (χ1) is 15.3. The molecule has 1 aromatic rings. The van der Waals surface area contributed by atoms with Gasteiger partial charge in [-0.3, -0.25) is 9.69 Å². The van der Waals surface area contributed by atoms with Gasteiger partial charge in [0.1, 0.15) is 5.82 Å². The van der Waals surface area contributed by atoms with E-state index in [9.17, 15) is 35.6 Å². The largest absolute Gasteiger partial charge is 0.501 e. The Morgan fingerprint density at radius 3 is 2.24 bits per heavy atom. The minimum atomic E-state index is -5.59. The van der Waals surface area contributed by atoms with Crippen molar-refractivity contribution < 1.29 is 35.6 Å². The standard InChI is InChI=1S/C20H22F4N4O4S/c21-15-5-14(33(31,32)20(22,23)24)2-1-13(15)6-26-7-18(8-26)9-27(10-18)17(30)28-11-19(12-28)4-3-16(29)25-19/h1-2,5H,3-4,6-12H2,(H,25,29). The lowest BCUT2D eigenvalue weighted by atomic mass is 9.72.